The summed E-state index contributed by atoms with van der Waals surface area (Å²) < 4.78 is 27.5. The number of nitrogens with zero attached hydrogens (tertiary/aromatic N) is 1. The van der Waals surface area contributed by atoms with E-state index in [0.717, 1.165) is 24.8 Å². The summed E-state index contributed by atoms with van der Waals surface area (Å²) in [6.07, 6.45) is 2.85. The van der Waals surface area contributed by atoms with Gasteiger partial charge in [-0.25, -0.2) is 13.2 Å². The highest BCUT2D eigenvalue weighted by atomic mass is 32.2. The highest BCUT2D eigenvalue weighted by molar-refractivity contribution is 7.89. The minimum atomic E-state index is -3.53. The van der Waals surface area contributed by atoms with Gasteiger partial charge in [0.1, 0.15) is 0 Å². The Bertz CT molecular complexity index is 863. The summed E-state index contributed by atoms with van der Waals surface area (Å²) in [4.78, 5) is 12.3. The van der Waals surface area contributed by atoms with Crippen LogP contribution in [0.4, 0.5) is 4.79 Å². The van der Waals surface area contributed by atoms with E-state index in [1.165, 1.54) is 0 Å². The maximum absolute atomic E-state index is 13.0. The summed E-state index contributed by atoms with van der Waals surface area (Å²) in [5.41, 5.74) is 1.60. The first-order valence-electron chi connectivity index (χ1n) is 9.21. The molecule has 1 heterocycles. The number of sulfonamides is 1. The Hall–Kier alpha value is -2.38. The number of hydrogen-bond acceptors (Lipinski definition) is 3. The molecule has 0 radical (unpaired) electrons. The van der Waals surface area contributed by atoms with Crippen LogP contribution in [-0.4, -0.2) is 31.8 Å². The quantitative estimate of drug-likeness (QED) is 0.800. The lowest BCUT2D eigenvalue weighted by Crippen LogP contribution is -2.37. The first-order chi connectivity index (χ1) is 13.1. The van der Waals surface area contributed by atoms with Crippen LogP contribution in [-0.2, 0) is 23.1 Å². The first kappa shape index (κ1) is 19.4. The molecule has 6 nitrogen and oxygen atoms in total. The number of hydrogen-bond donors (Lipinski definition) is 2. The second-order valence-corrected chi connectivity index (χ2v) is 8.50. The van der Waals surface area contributed by atoms with E-state index in [1.807, 2.05) is 30.3 Å². The smallest absolute Gasteiger partial charge is 0.315 e. The van der Waals surface area contributed by atoms with Crippen LogP contribution in [0, 0.1) is 0 Å². The molecule has 0 bridgehead atoms. The molecule has 144 valence electrons. The molecule has 1 aliphatic heterocycles. The molecule has 0 aliphatic carbocycles. The zero-order valence-corrected chi connectivity index (χ0v) is 16.0. The van der Waals surface area contributed by atoms with Crippen molar-refractivity contribution >= 4 is 16.1 Å². The summed E-state index contributed by atoms with van der Waals surface area (Å²) in [5.74, 6) is 0. The number of rotatable bonds is 6. The van der Waals surface area contributed by atoms with Crippen LogP contribution in [0.25, 0.3) is 0 Å². The zero-order chi connectivity index (χ0) is 19.1. The number of urea groups is 1. The summed E-state index contributed by atoms with van der Waals surface area (Å²) in [6, 6.07) is 16.1. The van der Waals surface area contributed by atoms with Crippen LogP contribution < -0.4 is 10.6 Å². The third-order valence-corrected chi connectivity index (χ3v) is 6.64. The zero-order valence-electron chi connectivity index (χ0n) is 15.2. The van der Waals surface area contributed by atoms with Crippen LogP contribution >= 0.6 is 0 Å². The number of carbonyl (C=O) groups excluding carboxylic acids is 1. The number of carbonyl (C=O) groups is 1. The molecule has 27 heavy (non-hydrogen) atoms. The van der Waals surface area contributed by atoms with Crippen LogP contribution in [0.2, 0.25) is 0 Å². The van der Waals surface area contributed by atoms with Gasteiger partial charge in [-0.1, -0.05) is 55.0 Å². The number of piperidine rings is 1. The van der Waals surface area contributed by atoms with Crippen molar-refractivity contribution < 1.29 is 13.2 Å². The van der Waals surface area contributed by atoms with Gasteiger partial charge in [0.2, 0.25) is 10.0 Å². The van der Waals surface area contributed by atoms with Gasteiger partial charge in [-0.05, 0) is 30.0 Å². The Morgan fingerprint density at radius 2 is 1.48 bits per heavy atom. The minimum Gasteiger partial charge on any atom is -0.334 e. The highest BCUT2D eigenvalue weighted by Crippen LogP contribution is 2.23. The van der Waals surface area contributed by atoms with E-state index < -0.39 is 10.0 Å². The number of benzene rings is 2. The number of amides is 2. The van der Waals surface area contributed by atoms with E-state index in [1.54, 1.807) is 28.6 Å². The minimum absolute atomic E-state index is 0.157. The van der Waals surface area contributed by atoms with E-state index in [4.69, 9.17) is 0 Å². The van der Waals surface area contributed by atoms with Gasteiger partial charge in [0.05, 0.1) is 4.90 Å². The molecule has 0 unspecified atom stereocenters. The average molecular weight is 388 g/mol. The van der Waals surface area contributed by atoms with Crippen molar-refractivity contribution in [3.8, 4) is 0 Å². The van der Waals surface area contributed by atoms with Gasteiger partial charge in [-0.15, -0.1) is 0 Å². The largest absolute Gasteiger partial charge is 0.334 e. The summed E-state index contributed by atoms with van der Waals surface area (Å²) in [5, 5.41) is 5.53. The molecule has 1 saturated heterocycles. The molecule has 2 amide bonds. The lowest BCUT2D eigenvalue weighted by atomic mass is 10.2. The molecule has 2 aromatic rings. The Morgan fingerprint density at radius 3 is 2.22 bits per heavy atom. The lowest BCUT2D eigenvalue weighted by molar-refractivity contribution is 0.240. The third-order valence-electron chi connectivity index (χ3n) is 4.64. The van der Waals surface area contributed by atoms with E-state index in [0.29, 0.717) is 25.2 Å². The maximum Gasteiger partial charge on any atom is 0.315 e. The molecular weight excluding hydrogens is 362 g/mol. The molecule has 0 atom stereocenters. The Kier molecular flexibility index (Phi) is 6.47. The predicted octanol–water partition coefficient (Wildman–Crippen LogP) is 2.86. The molecule has 0 spiro atoms. The first-order valence-corrected chi connectivity index (χ1v) is 10.6. The Morgan fingerprint density at radius 1 is 0.852 bits per heavy atom. The van der Waals surface area contributed by atoms with Gasteiger partial charge < -0.3 is 10.6 Å². The van der Waals surface area contributed by atoms with Gasteiger partial charge in [-0.3, -0.25) is 0 Å². The van der Waals surface area contributed by atoms with Crippen molar-refractivity contribution in [1.82, 2.24) is 14.9 Å². The summed E-state index contributed by atoms with van der Waals surface area (Å²) >= 11 is 0. The van der Waals surface area contributed by atoms with Crippen LogP contribution in [0.15, 0.2) is 59.5 Å². The third kappa shape index (κ3) is 5.08. The normalized spacial score (nSPS) is 15.3. The van der Waals surface area contributed by atoms with Gasteiger partial charge in [0.15, 0.2) is 0 Å². The van der Waals surface area contributed by atoms with Crippen LogP contribution in [0.5, 0.6) is 0 Å². The molecular formula is C20H25N3O3S. The molecule has 0 saturated carbocycles. The van der Waals surface area contributed by atoms with Crippen molar-refractivity contribution in [3.63, 3.8) is 0 Å². The maximum atomic E-state index is 13.0. The molecule has 1 aliphatic rings. The topological polar surface area (TPSA) is 78.5 Å². The monoisotopic (exact) mass is 387 g/mol. The molecule has 1 fully saturated rings. The molecule has 2 aromatic carbocycles. The second kappa shape index (κ2) is 9.01. The Labute approximate surface area is 160 Å². The van der Waals surface area contributed by atoms with Crippen molar-refractivity contribution in [2.24, 2.45) is 0 Å². The fourth-order valence-corrected chi connectivity index (χ4v) is 4.90. The van der Waals surface area contributed by atoms with Crippen molar-refractivity contribution in [3.05, 3.63) is 65.7 Å². The van der Waals surface area contributed by atoms with Crippen molar-refractivity contribution in [1.29, 1.82) is 0 Å². The molecule has 7 heteroatoms. The average Bonchev–Trinajstić information content (AvgIpc) is 2.72. The van der Waals surface area contributed by atoms with Crippen LogP contribution in [0.1, 0.15) is 30.4 Å². The van der Waals surface area contributed by atoms with Gasteiger partial charge in [0, 0.05) is 26.2 Å². The molecule has 3 rings (SSSR count). The standard InChI is InChI=1S/C20H25N3O3S/c24-20(21-15-17-9-3-1-4-10-17)22-16-18-11-5-6-12-19(18)27(25,26)23-13-7-2-8-14-23/h1,3-6,9-12H,2,7-8,13-16H2,(H2,21,22,24). The summed E-state index contributed by atoms with van der Waals surface area (Å²) in [6.45, 7) is 1.69. The van der Waals surface area contributed by atoms with Crippen LogP contribution in [0.3, 0.4) is 0 Å². The van der Waals surface area contributed by atoms with E-state index in [-0.39, 0.29) is 17.5 Å². The summed E-state index contributed by atoms with van der Waals surface area (Å²) in [7, 11) is -3.53. The lowest BCUT2D eigenvalue weighted by Gasteiger charge is -2.26. The molecule has 2 N–H and O–H groups in total. The van der Waals surface area contributed by atoms with Crippen molar-refractivity contribution in [2.75, 3.05) is 13.1 Å². The number of nitrogens with one attached hydrogen (secondary N) is 2. The fraction of sp³-hybridized carbons (Fsp3) is 0.350. The van der Waals surface area contributed by atoms with Gasteiger partial charge in [-0.2, -0.15) is 4.31 Å². The highest BCUT2D eigenvalue weighted by Gasteiger charge is 2.27. The van der Waals surface area contributed by atoms with E-state index in [2.05, 4.69) is 10.6 Å². The van der Waals surface area contributed by atoms with Gasteiger partial charge >= 0.3 is 6.03 Å². The van der Waals surface area contributed by atoms with Gasteiger partial charge in [0.25, 0.3) is 0 Å². The van der Waals surface area contributed by atoms with E-state index >= 15 is 0 Å². The van der Waals surface area contributed by atoms with Crippen molar-refractivity contribution in [2.45, 2.75) is 37.2 Å². The Balaban J connectivity index is 1.63. The van der Waals surface area contributed by atoms with E-state index in [9.17, 15) is 13.2 Å². The fourth-order valence-electron chi connectivity index (χ4n) is 3.16. The SMILES string of the molecule is O=C(NCc1ccccc1)NCc1ccccc1S(=O)(=O)N1CCCCC1. The predicted molar refractivity (Wildman–Crippen MR) is 105 cm³/mol. The molecule has 0 aromatic heterocycles. The second-order valence-electron chi connectivity index (χ2n) is 6.59.